The first-order valence-electron chi connectivity index (χ1n) is 8.37. The number of para-hydroxylation sites is 1. The van der Waals surface area contributed by atoms with Crippen molar-refractivity contribution in [2.75, 3.05) is 6.54 Å². The van der Waals surface area contributed by atoms with E-state index in [1.54, 1.807) is 0 Å². The van der Waals surface area contributed by atoms with Crippen LogP contribution in [0, 0.1) is 5.92 Å². The summed E-state index contributed by atoms with van der Waals surface area (Å²) in [6, 6.07) is 8.62. The smallest absolute Gasteiger partial charge is 0.123 e. The summed E-state index contributed by atoms with van der Waals surface area (Å²) in [6.07, 6.45) is 4.18. The molecule has 0 heterocycles. The SMILES string of the molecule is CC(C)Oc1ccccc1C1CCCC1CNC(C)(C)C. The van der Waals surface area contributed by atoms with Crippen molar-refractivity contribution in [1.82, 2.24) is 5.32 Å². The van der Waals surface area contributed by atoms with Gasteiger partial charge >= 0.3 is 0 Å². The summed E-state index contributed by atoms with van der Waals surface area (Å²) in [5.41, 5.74) is 1.60. The molecule has 2 heteroatoms. The highest BCUT2D eigenvalue weighted by Crippen LogP contribution is 2.43. The van der Waals surface area contributed by atoms with E-state index < -0.39 is 0 Å². The molecule has 2 nitrogen and oxygen atoms in total. The number of hydrogen-bond donors (Lipinski definition) is 1. The van der Waals surface area contributed by atoms with E-state index in [2.05, 4.69) is 64.2 Å². The molecule has 0 radical (unpaired) electrons. The van der Waals surface area contributed by atoms with E-state index in [-0.39, 0.29) is 11.6 Å². The minimum absolute atomic E-state index is 0.196. The first-order chi connectivity index (χ1) is 9.87. The Morgan fingerprint density at radius 3 is 2.57 bits per heavy atom. The van der Waals surface area contributed by atoms with Crippen LogP contribution in [0.4, 0.5) is 0 Å². The first kappa shape index (κ1) is 16.4. The van der Waals surface area contributed by atoms with E-state index in [4.69, 9.17) is 4.74 Å². The molecular formula is C19H31NO. The van der Waals surface area contributed by atoms with E-state index in [1.165, 1.54) is 24.8 Å². The average molecular weight is 289 g/mol. The van der Waals surface area contributed by atoms with Gasteiger partial charge in [0.05, 0.1) is 6.10 Å². The van der Waals surface area contributed by atoms with Gasteiger partial charge in [-0.1, -0.05) is 24.6 Å². The molecule has 118 valence electrons. The summed E-state index contributed by atoms with van der Waals surface area (Å²) in [4.78, 5) is 0. The summed E-state index contributed by atoms with van der Waals surface area (Å²) in [6.45, 7) is 12.0. The van der Waals surface area contributed by atoms with Crippen LogP contribution in [0.15, 0.2) is 24.3 Å². The molecular weight excluding hydrogens is 258 g/mol. The Balaban J connectivity index is 2.12. The molecule has 1 aliphatic carbocycles. The van der Waals surface area contributed by atoms with Gasteiger partial charge in [0.25, 0.3) is 0 Å². The normalized spacial score (nSPS) is 22.8. The molecule has 0 bridgehead atoms. The van der Waals surface area contributed by atoms with Gasteiger partial charge in [0.15, 0.2) is 0 Å². The van der Waals surface area contributed by atoms with Gasteiger partial charge in [-0.3, -0.25) is 0 Å². The summed E-state index contributed by atoms with van der Waals surface area (Å²) in [5, 5.41) is 3.68. The molecule has 1 aromatic carbocycles. The highest BCUT2D eigenvalue weighted by molar-refractivity contribution is 5.37. The van der Waals surface area contributed by atoms with Crippen LogP contribution in [-0.2, 0) is 0 Å². The summed E-state index contributed by atoms with van der Waals surface area (Å²) < 4.78 is 6.03. The number of rotatable bonds is 5. The highest BCUT2D eigenvalue weighted by atomic mass is 16.5. The van der Waals surface area contributed by atoms with Crippen molar-refractivity contribution in [2.45, 2.75) is 71.4 Å². The summed E-state index contributed by atoms with van der Waals surface area (Å²) >= 11 is 0. The fourth-order valence-corrected chi connectivity index (χ4v) is 3.28. The maximum absolute atomic E-state index is 6.03. The third kappa shape index (κ3) is 4.74. The lowest BCUT2D eigenvalue weighted by atomic mass is 9.87. The molecule has 0 aliphatic heterocycles. The third-order valence-corrected chi connectivity index (χ3v) is 4.23. The Morgan fingerprint density at radius 2 is 1.90 bits per heavy atom. The van der Waals surface area contributed by atoms with Gasteiger partial charge in [-0.15, -0.1) is 0 Å². The van der Waals surface area contributed by atoms with Crippen LogP contribution in [0.25, 0.3) is 0 Å². The monoisotopic (exact) mass is 289 g/mol. The van der Waals surface area contributed by atoms with E-state index >= 15 is 0 Å². The zero-order chi connectivity index (χ0) is 15.5. The molecule has 21 heavy (non-hydrogen) atoms. The van der Waals surface area contributed by atoms with Gasteiger partial charge < -0.3 is 10.1 Å². The van der Waals surface area contributed by atoms with Crippen molar-refractivity contribution in [3.8, 4) is 5.75 Å². The molecule has 1 saturated carbocycles. The van der Waals surface area contributed by atoms with Gasteiger partial charge in [0.2, 0.25) is 0 Å². The molecule has 0 saturated heterocycles. The number of ether oxygens (including phenoxy) is 1. The van der Waals surface area contributed by atoms with E-state index in [0.29, 0.717) is 5.92 Å². The van der Waals surface area contributed by atoms with Crippen molar-refractivity contribution < 1.29 is 4.74 Å². The zero-order valence-corrected chi connectivity index (χ0v) is 14.3. The van der Waals surface area contributed by atoms with Gasteiger partial charge in [-0.05, 0) is 77.5 Å². The second kappa shape index (κ2) is 6.83. The minimum atomic E-state index is 0.196. The second-order valence-electron chi connectivity index (χ2n) is 7.63. The van der Waals surface area contributed by atoms with Gasteiger partial charge in [0.1, 0.15) is 5.75 Å². The summed E-state index contributed by atoms with van der Waals surface area (Å²) in [7, 11) is 0. The molecule has 2 rings (SSSR count). The van der Waals surface area contributed by atoms with Gasteiger partial charge in [-0.2, -0.15) is 0 Å². The quantitative estimate of drug-likeness (QED) is 0.845. The van der Waals surface area contributed by atoms with Crippen LogP contribution in [0.2, 0.25) is 0 Å². The van der Waals surface area contributed by atoms with Gasteiger partial charge in [0, 0.05) is 5.54 Å². The van der Waals surface area contributed by atoms with E-state index in [1.807, 2.05) is 0 Å². The molecule has 1 aliphatic rings. The van der Waals surface area contributed by atoms with Crippen LogP contribution in [0.1, 0.15) is 65.4 Å². The lowest BCUT2D eigenvalue weighted by Gasteiger charge is -2.28. The molecule has 1 fully saturated rings. The van der Waals surface area contributed by atoms with Gasteiger partial charge in [-0.25, -0.2) is 0 Å². The molecule has 1 aromatic rings. The standard InChI is InChI=1S/C19H31NO/c1-14(2)21-18-12-7-6-10-17(18)16-11-8-9-15(16)13-20-19(3,4)5/h6-7,10,12,14-16,20H,8-9,11,13H2,1-5H3. The largest absolute Gasteiger partial charge is 0.491 e. The molecule has 2 unspecified atom stereocenters. The average Bonchev–Trinajstić information content (AvgIpc) is 2.83. The Hall–Kier alpha value is -1.02. The fraction of sp³-hybridized carbons (Fsp3) is 0.684. The third-order valence-electron chi connectivity index (χ3n) is 4.23. The molecule has 0 spiro atoms. The van der Waals surface area contributed by atoms with E-state index in [9.17, 15) is 0 Å². The lowest BCUT2D eigenvalue weighted by molar-refractivity contribution is 0.236. The maximum Gasteiger partial charge on any atom is 0.123 e. The van der Waals surface area contributed by atoms with Crippen molar-refractivity contribution in [3.63, 3.8) is 0 Å². The Bertz CT molecular complexity index is 447. The highest BCUT2D eigenvalue weighted by Gasteiger charge is 2.31. The van der Waals surface area contributed by atoms with Crippen LogP contribution >= 0.6 is 0 Å². The first-order valence-corrected chi connectivity index (χ1v) is 8.37. The molecule has 2 atom stereocenters. The van der Waals surface area contributed by atoms with Crippen LogP contribution in [0.5, 0.6) is 5.75 Å². The van der Waals surface area contributed by atoms with Crippen molar-refractivity contribution >= 4 is 0 Å². The van der Waals surface area contributed by atoms with Crippen molar-refractivity contribution in [2.24, 2.45) is 5.92 Å². The zero-order valence-electron chi connectivity index (χ0n) is 14.3. The molecule has 0 amide bonds. The number of nitrogens with one attached hydrogen (secondary N) is 1. The van der Waals surface area contributed by atoms with Crippen molar-refractivity contribution in [3.05, 3.63) is 29.8 Å². The number of benzene rings is 1. The molecule has 1 N–H and O–H groups in total. The predicted molar refractivity (Wildman–Crippen MR) is 90.0 cm³/mol. The Labute approximate surface area is 130 Å². The maximum atomic E-state index is 6.03. The predicted octanol–water partition coefficient (Wildman–Crippen LogP) is 4.75. The van der Waals surface area contributed by atoms with Crippen molar-refractivity contribution in [1.29, 1.82) is 0 Å². The molecule has 0 aromatic heterocycles. The lowest BCUT2D eigenvalue weighted by Crippen LogP contribution is -2.39. The van der Waals surface area contributed by atoms with Crippen LogP contribution < -0.4 is 10.1 Å². The fourth-order valence-electron chi connectivity index (χ4n) is 3.28. The number of hydrogen-bond acceptors (Lipinski definition) is 2. The second-order valence-corrected chi connectivity index (χ2v) is 7.63. The van der Waals surface area contributed by atoms with Crippen LogP contribution in [0.3, 0.4) is 0 Å². The Morgan fingerprint density at radius 1 is 1.19 bits per heavy atom. The minimum Gasteiger partial charge on any atom is -0.491 e. The summed E-state index contributed by atoms with van der Waals surface area (Å²) in [5.74, 6) is 2.44. The topological polar surface area (TPSA) is 21.3 Å². The van der Waals surface area contributed by atoms with E-state index in [0.717, 1.165) is 18.2 Å². The van der Waals surface area contributed by atoms with Crippen LogP contribution in [-0.4, -0.2) is 18.2 Å². The Kier molecular flexibility index (Phi) is 5.32.